The largest absolute Gasteiger partial charge is 0.466 e. The molecule has 10 aromatic carbocycles. The number of benzene rings is 10. The van der Waals surface area contributed by atoms with Crippen LogP contribution in [0.2, 0.25) is 0 Å². The van der Waals surface area contributed by atoms with Gasteiger partial charge in [0.25, 0.3) is 0 Å². The van der Waals surface area contributed by atoms with Crippen molar-refractivity contribution in [3.05, 3.63) is 320 Å². The van der Waals surface area contributed by atoms with Gasteiger partial charge in [0.1, 0.15) is 0 Å². The number of esters is 1. The van der Waals surface area contributed by atoms with Crippen LogP contribution < -0.4 is 0 Å². The van der Waals surface area contributed by atoms with Crippen molar-refractivity contribution in [2.45, 2.75) is 201 Å². The zero-order valence-corrected chi connectivity index (χ0v) is 58.9. The first kappa shape index (κ1) is 71.0. The number of hydrogen-bond donors (Lipinski definition) is 0. The van der Waals surface area contributed by atoms with E-state index in [1.54, 1.807) is 16.7 Å². The third-order valence-electron chi connectivity index (χ3n) is 19.7. The molecule has 0 N–H and O–H groups in total. The minimum absolute atomic E-state index is 0.116. The molecule has 2 nitrogen and oxygen atoms in total. The van der Waals surface area contributed by atoms with Gasteiger partial charge in [0.05, 0.1) is 13.0 Å². The fraction of sp³-hybridized carbons (Fsp3) is 0.344. The molecule has 0 aliphatic heterocycles. The lowest BCUT2D eigenvalue weighted by Crippen LogP contribution is -2.10. The molecule has 2 aliphatic carbocycles. The molecule has 0 fully saturated rings. The van der Waals surface area contributed by atoms with Crippen LogP contribution in [-0.2, 0) is 48.1 Å². The van der Waals surface area contributed by atoms with E-state index in [1.165, 1.54) is 197 Å². The zero-order chi connectivity index (χ0) is 66.6. The Labute approximate surface area is 573 Å². The Morgan fingerprint density at radius 3 is 1.31 bits per heavy atom. The number of fused-ring (bicyclic) bond motifs is 4. The first-order valence-corrected chi connectivity index (χ1v) is 36.2. The average Bonchev–Trinajstić information content (AvgIpc) is 1.00. The number of carbonyl (C=O) groups excluding carboxylic acids is 1. The number of unbranched alkanes of at least 4 members (excludes halogenated alkanes) is 3. The number of carbonyl (C=O) groups is 1. The van der Waals surface area contributed by atoms with Crippen LogP contribution in [-0.4, -0.2) is 12.6 Å². The van der Waals surface area contributed by atoms with Gasteiger partial charge in [-0.15, -0.1) is 0 Å². The predicted octanol–water partition coefficient (Wildman–Crippen LogP) is 25.4. The van der Waals surface area contributed by atoms with E-state index < -0.39 is 0 Å². The molecule has 10 aromatic rings. The molecule has 0 spiro atoms. The van der Waals surface area contributed by atoms with Crippen LogP contribution in [0.25, 0.3) is 33.7 Å². The van der Waals surface area contributed by atoms with Crippen molar-refractivity contribution in [3.8, 4) is 0 Å². The molecule has 95 heavy (non-hydrogen) atoms. The van der Waals surface area contributed by atoms with Gasteiger partial charge in [-0.05, 0) is 236 Å². The predicted molar refractivity (Wildman–Crippen MR) is 410 cm³/mol. The van der Waals surface area contributed by atoms with Gasteiger partial charge in [-0.25, -0.2) is 0 Å². The molecule has 0 amide bonds. The first-order chi connectivity index (χ1) is 46.3. The summed E-state index contributed by atoms with van der Waals surface area (Å²) in [6.45, 7) is 18.4. The van der Waals surface area contributed by atoms with Gasteiger partial charge in [0.15, 0.2) is 0 Å². The Hall–Kier alpha value is -8.33. The van der Waals surface area contributed by atoms with E-state index in [-0.39, 0.29) is 11.9 Å². The van der Waals surface area contributed by atoms with Gasteiger partial charge in [0.2, 0.25) is 0 Å². The van der Waals surface area contributed by atoms with E-state index in [0.717, 1.165) is 12.8 Å². The van der Waals surface area contributed by atoms with E-state index in [0.29, 0.717) is 30.8 Å². The SMILES string of the molecule is Cc1cccc(CCCC[C@H](C)c2cccc3c2C=CCC3)c1.Cc1cccc(CCCC[C@H](C)c2cccc3c2CCC=C3)c1.Cc1cccc(CCCC[C@H](C)c2cccc3ccccc23)c1.Cc1cccc(CCCOC(=O)C[C@H](C)c2cccc3ccccc23)c1. The van der Waals surface area contributed by atoms with E-state index in [9.17, 15) is 4.79 Å². The van der Waals surface area contributed by atoms with E-state index in [1.807, 2.05) is 12.1 Å². The quantitative estimate of drug-likeness (QED) is 0.0421. The molecule has 492 valence electrons. The third-order valence-corrected chi connectivity index (χ3v) is 19.7. The molecule has 0 aromatic heterocycles. The monoisotopic (exact) mass is 1260 g/mol. The number of hydrogen-bond acceptors (Lipinski definition) is 2. The summed E-state index contributed by atoms with van der Waals surface area (Å²) in [7, 11) is 0. The summed E-state index contributed by atoms with van der Waals surface area (Å²) in [5.74, 6) is 1.98. The molecule has 12 rings (SSSR count). The van der Waals surface area contributed by atoms with Crippen molar-refractivity contribution < 1.29 is 9.53 Å². The van der Waals surface area contributed by atoms with Crippen molar-refractivity contribution in [3.63, 3.8) is 0 Å². The maximum Gasteiger partial charge on any atom is 0.306 e. The molecular formula is C93H108O2. The topological polar surface area (TPSA) is 26.3 Å². The molecule has 2 aliphatic rings. The number of aryl methyl sites for hydroxylation is 9. The zero-order valence-electron chi connectivity index (χ0n) is 58.9. The van der Waals surface area contributed by atoms with Crippen molar-refractivity contribution in [2.75, 3.05) is 6.61 Å². The van der Waals surface area contributed by atoms with Crippen LogP contribution >= 0.6 is 0 Å². The van der Waals surface area contributed by atoms with Gasteiger partial charge in [0, 0.05) is 0 Å². The molecule has 0 heterocycles. The number of allylic oxidation sites excluding steroid dienone is 2. The number of ether oxygens (including phenoxy) is 1. The normalized spacial score (nSPS) is 13.3. The number of rotatable bonds is 25. The van der Waals surface area contributed by atoms with Crippen molar-refractivity contribution in [1.82, 2.24) is 0 Å². The van der Waals surface area contributed by atoms with Gasteiger partial charge in [-0.1, -0.05) is 312 Å². The maximum absolute atomic E-state index is 12.2. The molecular weight excluding hydrogens is 1150 g/mol. The van der Waals surface area contributed by atoms with Crippen LogP contribution in [0.4, 0.5) is 0 Å². The Kier molecular flexibility index (Phi) is 28.2. The summed E-state index contributed by atoms with van der Waals surface area (Å²) in [5, 5.41) is 5.20. The second-order valence-electron chi connectivity index (χ2n) is 27.7. The van der Waals surface area contributed by atoms with Gasteiger partial charge >= 0.3 is 5.97 Å². The second kappa shape index (κ2) is 37.7. The Bertz CT molecular complexity index is 4050. The standard InChI is InChI=1S/C24H26O2.2C23H28.C23H26/c1-18-8-5-9-20(16-18)10-7-15-26-24(25)17-19(2)22-14-6-12-21-11-3-4-13-23(21)22;3*1-18-9-7-12-20(17-18)11-4-3-10-19(2)22-16-8-14-21-13-5-6-15-23(21)22/h3-6,8-9,11-14,16,19H,7,10,15,17H2,1-2H3;6-9,12,14-17,19H,3-5,10-11,13H2,1-2H3;5,7-9,12-14,16-17,19H,3-4,6,10-11,15H2,1-2H3;5-9,12-17,19H,3-4,10-11H2,1-2H3/t4*19-/m0000/s1. The third kappa shape index (κ3) is 22.4. The molecule has 0 radical (unpaired) electrons. The van der Waals surface area contributed by atoms with Crippen LogP contribution in [0, 0.1) is 27.7 Å². The highest BCUT2D eigenvalue weighted by Gasteiger charge is 2.18. The summed E-state index contributed by atoms with van der Waals surface area (Å²) in [6.07, 6.45) is 31.6. The summed E-state index contributed by atoms with van der Waals surface area (Å²) in [6, 6.07) is 79.0. The Balaban J connectivity index is 0.000000149. The minimum Gasteiger partial charge on any atom is -0.466 e. The maximum atomic E-state index is 12.2. The lowest BCUT2D eigenvalue weighted by molar-refractivity contribution is -0.144. The average molecular weight is 1260 g/mol. The molecule has 2 heteroatoms. The molecule has 0 unspecified atom stereocenters. The highest BCUT2D eigenvalue weighted by molar-refractivity contribution is 5.87. The van der Waals surface area contributed by atoms with Crippen LogP contribution in [0.3, 0.4) is 0 Å². The summed E-state index contributed by atoms with van der Waals surface area (Å²) in [4.78, 5) is 12.2. The summed E-state index contributed by atoms with van der Waals surface area (Å²) < 4.78 is 5.46. The fourth-order valence-corrected chi connectivity index (χ4v) is 14.4. The second-order valence-corrected chi connectivity index (χ2v) is 27.7. The Morgan fingerprint density at radius 1 is 0.379 bits per heavy atom. The lowest BCUT2D eigenvalue weighted by atomic mass is 9.85. The first-order valence-electron chi connectivity index (χ1n) is 36.2. The van der Waals surface area contributed by atoms with Crippen molar-refractivity contribution >= 4 is 39.7 Å². The van der Waals surface area contributed by atoms with Crippen LogP contribution in [0.15, 0.2) is 231 Å². The van der Waals surface area contributed by atoms with Crippen LogP contribution in [0.1, 0.15) is 224 Å². The Morgan fingerprint density at radius 2 is 0.779 bits per heavy atom. The molecule has 0 bridgehead atoms. The van der Waals surface area contributed by atoms with Crippen molar-refractivity contribution in [2.24, 2.45) is 0 Å². The minimum atomic E-state index is -0.116. The highest BCUT2D eigenvalue weighted by Crippen LogP contribution is 2.34. The van der Waals surface area contributed by atoms with Crippen LogP contribution in [0.5, 0.6) is 0 Å². The molecule has 4 atom stereocenters. The van der Waals surface area contributed by atoms with Gasteiger partial charge in [-0.3, -0.25) is 4.79 Å². The van der Waals surface area contributed by atoms with Crippen molar-refractivity contribution in [1.29, 1.82) is 0 Å². The molecule has 0 saturated carbocycles. The van der Waals surface area contributed by atoms with Gasteiger partial charge < -0.3 is 4.74 Å². The highest BCUT2D eigenvalue weighted by atomic mass is 16.5. The fourth-order valence-electron chi connectivity index (χ4n) is 14.4. The summed E-state index contributed by atoms with van der Waals surface area (Å²) in [5.41, 5.74) is 23.1. The van der Waals surface area contributed by atoms with Gasteiger partial charge in [-0.2, -0.15) is 0 Å². The van der Waals surface area contributed by atoms with E-state index >= 15 is 0 Å². The lowest BCUT2D eigenvalue weighted by Gasteiger charge is -2.20. The molecule has 0 saturated heterocycles. The summed E-state index contributed by atoms with van der Waals surface area (Å²) >= 11 is 0. The smallest absolute Gasteiger partial charge is 0.306 e. The van der Waals surface area contributed by atoms with E-state index in [4.69, 9.17) is 4.74 Å². The van der Waals surface area contributed by atoms with E-state index in [2.05, 4.69) is 286 Å².